The molecule has 4 nitrogen and oxygen atoms in total. The van der Waals surface area contributed by atoms with Crippen LogP contribution in [0.25, 0.3) is 11.2 Å². The molecule has 2 heterocycles. The van der Waals surface area contributed by atoms with E-state index in [1.807, 2.05) is 18.7 Å². The molecule has 0 amide bonds. The van der Waals surface area contributed by atoms with Crippen LogP contribution in [0.3, 0.4) is 0 Å². The first kappa shape index (κ1) is 9.15. The van der Waals surface area contributed by atoms with Gasteiger partial charge in [0.15, 0.2) is 10.4 Å². The minimum atomic E-state index is 0.584. The van der Waals surface area contributed by atoms with Gasteiger partial charge in [0.2, 0.25) is 0 Å². The Morgan fingerprint density at radius 2 is 2.20 bits per heavy atom. The van der Waals surface area contributed by atoms with Crippen molar-refractivity contribution >= 4 is 23.4 Å². The number of aryl methyl sites for hydroxylation is 2. The summed E-state index contributed by atoms with van der Waals surface area (Å²) in [6, 6.07) is 0.584. The second kappa shape index (κ2) is 2.95. The highest BCUT2D eigenvalue weighted by Gasteiger charge is 2.24. The molecule has 1 saturated carbocycles. The van der Waals surface area contributed by atoms with Gasteiger partial charge in [-0.1, -0.05) is 0 Å². The molecule has 0 spiro atoms. The van der Waals surface area contributed by atoms with Crippen LogP contribution in [0.4, 0.5) is 0 Å². The predicted octanol–water partition coefficient (Wildman–Crippen LogP) is 2.47. The van der Waals surface area contributed by atoms with E-state index < -0.39 is 0 Å². The molecular formula is C10H14N4S. The van der Waals surface area contributed by atoms with E-state index in [0.717, 1.165) is 21.6 Å². The summed E-state index contributed by atoms with van der Waals surface area (Å²) in [5.74, 6) is 0. The van der Waals surface area contributed by atoms with E-state index >= 15 is 0 Å². The summed E-state index contributed by atoms with van der Waals surface area (Å²) >= 11 is 5.37. The van der Waals surface area contributed by atoms with Gasteiger partial charge < -0.3 is 4.98 Å². The van der Waals surface area contributed by atoms with Crippen LogP contribution in [0.2, 0.25) is 0 Å². The third-order valence-electron chi connectivity index (χ3n) is 3.31. The molecule has 1 aliphatic rings. The number of aromatic nitrogens is 4. The molecule has 2 aromatic rings. The maximum atomic E-state index is 5.37. The van der Waals surface area contributed by atoms with Crippen molar-refractivity contribution in [3.8, 4) is 0 Å². The van der Waals surface area contributed by atoms with Gasteiger partial charge in [0.25, 0.3) is 0 Å². The van der Waals surface area contributed by atoms with Gasteiger partial charge in [-0.3, -0.25) is 9.25 Å². The number of fused-ring (bicyclic) bond motifs is 1. The lowest BCUT2D eigenvalue weighted by Gasteiger charge is -2.27. The summed E-state index contributed by atoms with van der Waals surface area (Å²) in [7, 11) is 1.98. The Labute approximate surface area is 92.9 Å². The molecule has 5 heteroatoms. The van der Waals surface area contributed by atoms with Crippen LogP contribution in [0.1, 0.15) is 31.0 Å². The second-order valence-electron chi connectivity index (χ2n) is 4.29. The van der Waals surface area contributed by atoms with Gasteiger partial charge in [0.1, 0.15) is 5.52 Å². The lowest BCUT2D eigenvalue weighted by atomic mass is 9.93. The Hall–Kier alpha value is -1.10. The summed E-state index contributed by atoms with van der Waals surface area (Å²) in [5, 5.41) is 4.41. The molecule has 0 radical (unpaired) electrons. The molecular weight excluding hydrogens is 208 g/mol. The Kier molecular flexibility index (Phi) is 1.80. The van der Waals surface area contributed by atoms with Crippen molar-refractivity contribution < 1.29 is 0 Å². The van der Waals surface area contributed by atoms with Gasteiger partial charge in [-0.2, -0.15) is 5.10 Å². The van der Waals surface area contributed by atoms with Gasteiger partial charge >= 0.3 is 0 Å². The van der Waals surface area contributed by atoms with Gasteiger partial charge in [0, 0.05) is 13.1 Å². The normalized spacial score (nSPS) is 17.2. The summed E-state index contributed by atoms with van der Waals surface area (Å²) in [6.45, 7) is 2.01. The Bertz CT molecular complexity index is 570. The molecule has 1 aliphatic carbocycles. The Morgan fingerprint density at radius 3 is 2.80 bits per heavy atom. The van der Waals surface area contributed by atoms with Crippen LogP contribution < -0.4 is 0 Å². The highest BCUT2D eigenvalue weighted by molar-refractivity contribution is 7.71. The van der Waals surface area contributed by atoms with E-state index in [1.165, 1.54) is 19.3 Å². The van der Waals surface area contributed by atoms with E-state index in [1.54, 1.807) is 0 Å². The number of nitrogens with zero attached hydrogens (tertiary/aromatic N) is 3. The molecule has 0 saturated heterocycles. The largest absolute Gasteiger partial charge is 0.328 e. The average molecular weight is 222 g/mol. The molecule has 1 N–H and O–H groups in total. The summed E-state index contributed by atoms with van der Waals surface area (Å²) in [4.78, 5) is 3.26. The zero-order valence-corrected chi connectivity index (χ0v) is 9.77. The Balaban J connectivity index is 2.35. The molecule has 1 fully saturated rings. The number of aromatic amines is 1. The number of nitrogens with one attached hydrogen (secondary N) is 1. The Morgan fingerprint density at radius 1 is 1.47 bits per heavy atom. The molecule has 0 unspecified atom stereocenters. The number of rotatable bonds is 1. The van der Waals surface area contributed by atoms with Crippen LogP contribution in [0, 0.1) is 11.7 Å². The van der Waals surface area contributed by atoms with Crippen molar-refractivity contribution in [3.05, 3.63) is 10.5 Å². The van der Waals surface area contributed by atoms with E-state index in [9.17, 15) is 0 Å². The third kappa shape index (κ3) is 1.13. The smallest absolute Gasteiger partial charge is 0.179 e. The lowest BCUT2D eigenvalue weighted by Crippen LogP contribution is -2.18. The second-order valence-corrected chi connectivity index (χ2v) is 4.68. The van der Waals surface area contributed by atoms with Gasteiger partial charge in [-0.15, -0.1) is 0 Å². The first-order valence-corrected chi connectivity index (χ1v) is 5.73. The van der Waals surface area contributed by atoms with Crippen molar-refractivity contribution in [3.63, 3.8) is 0 Å². The molecule has 2 aromatic heterocycles. The SMILES string of the molecule is Cc1nn(C)c2c1[nH]c(=S)n2C1CCC1. The van der Waals surface area contributed by atoms with E-state index in [0.29, 0.717) is 6.04 Å². The number of imidazole rings is 1. The fourth-order valence-corrected chi connectivity index (χ4v) is 2.65. The highest BCUT2D eigenvalue weighted by atomic mass is 32.1. The van der Waals surface area contributed by atoms with Crippen molar-refractivity contribution in [2.24, 2.45) is 7.05 Å². The standard InChI is InChI=1S/C10H14N4S/c1-6-8-9(13(2)12-6)14(10(15)11-8)7-4-3-5-7/h7H,3-5H2,1-2H3,(H,11,15). The number of hydrogen-bond acceptors (Lipinski definition) is 2. The zero-order chi connectivity index (χ0) is 10.6. The molecule has 0 aromatic carbocycles. The summed E-state index contributed by atoms with van der Waals surface area (Å²) < 4.78 is 4.99. The minimum absolute atomic E-state index is 0.584. The fourth-order valence-electron chi connectivity index (χ4n) is 2.32. The number of H-pyrrole nitrogens is 1. The van der Waals surface area contributed by atoms with E-state index in [4.69, 9.17) is 12.2 Å². The quantitative estimate of drug-likeness (QED) is 0.753. The molecule has 0 bridgehead atoms. The van der Waals surface area contributed by atoms with E-state index in [-0.39, 0.29) is 0 Å². The highest BCUT2D eigenvalue weighted by Crippen LogP contribution is 2.34. The van der Waals surface area contributed by atoms with Crippen LogP contribution in [0.15, 0.2) is 0 Å². The van der Waals surface area contributed by atoms with Crippen LogP contribution in [-0.4, -0.2) is 19.3 Å². The van der Waals surface area contributed by atoms with Gasteiger partial charge in [-0.05, 0) is 38.4 Å². The monoisotopic (exact) mass is 222 g/mol. The van der Waals surface area contributed by atoms with Crippen LogP contribution >= 0.6 is 12.2 Å². The number of hydrogen-bond donors (Lipinski definition) is 1. The van der Waals surface area contributed by atoms with Crippen molar-refractivity contribution in [1.82, 2.24) is 19.3 Å². The molecule has 3 rings (SSSR count). The molecule has 80 valence electrons. The topological polar surface area (TPSA) is 38.5 Å². The first-order chi connectivity index (χ1) is 7.18. The lowest BCUT2D eigenvalue weighted by molar-refractivity contribution is 0.314. The summed E-state index contributed by atoms with van der Waals surface area (Å²) in [6.07, 6.45) is 3.80. The first-order valence-electron chi connectivity index (χ1n) is 5.32. The molecule has 0 aliphatic heterocycles. The third-order valence-corrected chi connectivity index (χ3v) is 3.61. The van der Waals surface area contributed by atoms with Crippen LogP contribution in [-0.2, 0) is 7.05 Å². The van der Waals surface area contributed by atoms with Crippen molar-refractivity contribution in [2.45, 2.75) is 32.2 Å². The molecule has 0 atom stereocenters. The van der Waals surface area contributed by atoms with Gasteiger partial charge in [-0.25, -0.2) is 0 Å². The average Bonchev–Trinajstić information content (AvgIpc) is 2.53. The van der Waals surface area contributed by atoms with Crippen molar-refractivity contribution in [1.29, 1.82) is 0 Å². The fraction of sp³-hybridized carbons (Fsp3) is 0.600. The minimum Gasteiger partial charge on any atom is -0.328 e. The van der Waals surface area contributed by atoms with E-state index in [2.05, 4.69) is 14.6 Å². The predicted molar refractivity (Wildman–Crippen MR) is 61.5 cm³/mol. The summed E-state index contributed by atoms with van der Waals surface area (Å²) in [5.41, 5.74) is 3.26. The maximum Gasteiger partial charge on any atom is 0.179 e. The van der Waals surface area contributed by atoms with Crippen LogP contribution in [0.5, 0.6) is 0 Å². The van der Waals surface area contributed by atoms with Crippen molar-refractivity contribution in [2.75, 3.05) is 0 Å². The van der Waals surface area contributed by atoms with Gasteiger partial charge in [0.05, 0.1) is 5.69 Å². The maximum absolute atomic E-state index is 5.37. The molecule has 15 heavy (non-hydrogen) atoms. The zero-order valence-electron chi connectivity index (χ0n) is 8.95.